The van der Waals surface area contributed by atoms with E-state index in [0.717, 1.165) is 0 Å². The molecular weight excluding hydrogens is 326 g/mol. The first-order chi connectivity index (χ1) is 11.8. The Morgan fingerprint density at radius 2 is 2.04 bits per heavy atom. The number of anilines is 1. The second-order valence-electron chi connectivity index (χ2n) is 6.67. The minimum Gasteiger partial charge on any atom is -0.469 e. The fourth-order valence-electron chi connectivity index (χ4n) is 2.60. The highest BCUT2D eigenvalue weighted by molar-refractivity contribution is 5.83. The number of esters is 1. The normalized spacial score (nSPS) is 13.0. The zero-order chi connectivity index (χ0) is 18.6. The minimum absolute atomic E-state index is 0.155. The summed E-state index contributed by atoms with van der Waals surface area (Å²) in [7, 11) is 3.19. The van der Waals surface area contributed by atoms with Gasteiger partial charge in [0.1, 0.15) is 6.33 Å². The first kappa shape index (κ1) is 19.1. The Hall–Kier alpha value is -2.26. The summed E-state index contributed by atoms with van der Waals surface area (Å²) in [4.78, 5) is 26.4. The molecular formula is C16H25N5O4. The molecule has 0 bridgehead atoms. The summed E-state index contributed by atoms with van der Waals surface area (Å²) in [5, 5.41) is 19.0. The number of aliphatic hydroxyl groups is 2. The number of aromatic nitrogens is 4. The van der Waals surface area contributed by atoms with Gasteiger partial charge in [-0.3, -0.25) is 4.79 Å². The molecule has 0 spiro atoms. The lowest BCUT2D eigenvalue weighted by Crippen LogP contribution is -2.31. The first-order valence-corrected chi connectivity index (χ1v) is 8.01. The van der Waals surface area contributed by atoms with Gasteiger partial charge in [-0.1, -0.05) is 13.8 Å². The van der Waals surface area contributed by atoms with Gasteiger partial charge in [0, 0.05) is 25.6 Å². The molecule has 0 aliphatic carbocycles. The molecule has 0 amide bonds. The molecule has 0 radical (unpaired) electrons. The van der Waals surface area contributed by atoms with Gasteiger partial charge < -0.3 is 24.4 Å². The van der Waals surface area contributed by atoms with Gasteiger partial charge in [0.05, 0.1) is 32.6 Å². The van der Waals surface area contributed by atoms with E-state index >= 15 is 0 Å². The van der Waals surface area contributed by atoms with Crippen molar-refractivity contribution in [3.63, 3.8) is 0 Å². The van der Waals surface area contributed by atoms with E-state index in [1.165, 1.54) is 13.4 Å². The number of carbonyl (C=O) groups excluding carboxylic acids is 1. The third kappa shape index (κ3) is 4.05. The van der Waals surface area contributed by atoms with Crippen LogP contribution in [-0.4, -0.2) is 69.6 Å². The summed E-state index contributed by atoms with van der Waals surface area (Å²) in [6, 6.07) is 0. The Labute approximate surface area is 146 Å². The molecule has 2 N–H and O–H groups in total. The number of hydrogen-bond donors (Lipinski definition) is 2. The van der Waals surface area contributed by atoms with E-state index in [2.05, 4.69) is 15.0 Å². The van der Waals surface area contributed by atoms with E-state index in [0.29, 0.717) is 30.1 Å². The number of aliphatic hydroxyl groups excluding tert-OH is 2. The Morgan fingerprint density at radius 1 is 1.36 bits per heavy atom. The van der Waals surface area contributed by atoms with Crippen LogP contribution in [0, 0.1) is 11.3 Å². The van der Waals surface area contributed by atoms with Crippen molar-refractivity contribution in [2.45, 2.75) is 20.4 Å². The molecule has 0 aliphatic heterocycles. The van der Waals surface area contributed by atoms with Crippen molar-refractivity contribution in [2.75, 3.05) is 38.8 Å². The van der Waals surface area contributed by atoms with Crippen LogP contribution in [0.5, 0.6) is 0 Å². The van der Waals surface area contributed by atoms with E-state index < -0.39 is 5.41 Å². The van der Waals surface area contributed by atoms with Crippen LogP contribution in [-0.2, 0) is 16.1 Å². The summed E-state index contributed by atoms with van der Waals surface area (Å²) in [6.45, 7) is 4.06. The van der Waals surface area contributed by atoms with Gasteiger partial charge in [0.25, 0.3) is 0 Å². The largest absolute Gasteiger partial charge is 0.469 e. The Bertz CT molecular complexity index is 728. The molecule has 2 aromatic heterocycles. The molecule has 0 saturated heterocycles. The smallest absolute Gasteiger partial charge is 0.310 e. The molecule has 138 valence electrons. The summed E-state index contributed by atoms with van der Waals surface area (Å²) < 4.78 is 6.54. The summed E-state index contributed by atoms with van der Waals surface area (Å²) in [5.41, 5.74) is 0.528. The number of nitrogens with zero attached hydrogens (tertiary/aromatic N) is 5. The topological polar surface area (TPSA) is 114 Å². The average molecular weight is 351 g/mol. The van der Waals surface area contributed by atoms with Crippen LogP contribution in [0.15, 0.2) is 12.7 Å². The lowest BCUT2D eigenvalue weighted by molar-refractivity contribution is -0.144. The number of ether oxygens (including phenoxy) is 1. The second-order valence-corrected chi connectivity index (χ2v) is 6.67. The van der Waals surface area contributed by atoms with Crippen LogP contribution in [0.1, 0.15) is 13.8 Å². The minimum atomic E-state index is -0.677. The summed E-state index contributed by atoms with van der Waals surface area (Å²) >= 11 is 0. The fourth-order valence-corrected chi connectivity index (χ4v) is 2.60. The van der Waals surface area contributed by atoms with Crippen molar-refractivity contribution in [2.24, 2.45) is 11.3 Å². The predicted octanol–water partition coefficient (Wildman–Crippen LogP) is 0.0625. The molecule has 9 nitrogen and oxygen atoms in total. The molecule has 9 heteroatoms. The van der Waals surface area contributed by atoms with E-state index in [4.69, 9.17) is 4.74 Å². The first-order valence-electron chi connectivity index (χ1n) is 8.01. The predicted molar refractivity (Wildman–Crippen MR) is 92.1 cm³/mol. The number of methoxy groups -OCH3 is 1. The lowest BCUT2D eigenvalue weighted by Gasteiger charge is -2.25. The summed E-state index contributed by atoms with van der Waals surface area (Å²) in [5.74, 6) is 0.00714. The molecule has 2 heterocycles. The van der Waals surface area contributed by atoms with Gasteiger partial charge in [0.2, 0.25) is 0 Å². The van der Waals surface area contributed by atoms with Gasteiger partial charge >= 0.3 is 5.97 Å². The number of hydrogen-bond acceptors (Lipinski definition) is 8. The number of rotatable bonds is 8. The maximum absolute atomic E-state index is 11.6. The zero-order valence-corrected chi connectivity index (χ0v) is 15.0. The van der Waals surface area contributed by atoms with Crippen molar-refractivity contribution in [1.82, 2.24) is 19.5 Å². The highest BCUT2D eigenvalue weighted by Gasteiger charge is 2.25. The van der Waals surface area contributed by atoms with Crippen molar-refractivity contribution >= 4 is 23.0 Å². The summed E-state index contributed by atoms with van der Waals surface area (Å²) in [6.07, 6.45) is 3.05. The van der Waals surface area contributed by atoms with Crippen LogP contribution < -0.4 is 4.90 Å². The van der Waals surface area contributed by atoms with Crippen molar-refractivity contribution in [3.05, 3.63) is 12.7 Å². The third-order valence-corrected chi connectivity index (χ3v) is 4.21. The number of imidazole rings is 1. The van der Waals surface area contributed by atoms with E-state index in [9.17, 15) is 15.0 Å². The van der Waals surface area contributed by atoms with E-state index in [1.807, 2.05) is 11.9 Å². The van der Waals surface area contributed by atoms with Crippen LogP contribution >= 0.6 is 0 Å². The van der Waals surface area contributed by atoms with Gasteiger partial charge in [-0.05, 0) is 0 Å². The van der Waals surface area contributed by atoms with Gasteiger partial charge in [-0.25, -0.2) is 15.0 Å². The van der Waals surface area contributed by atoms with Crippen LogP contribution in [0.25, 0.3) is 11.2 Å². The fraction of sp³-hybridized carbons (Fsp3) is 0.625. The zero-order valence-electron chi connectivity index (χ0n) is 15.0. The Balaban J connectivity index is 2.30. The van der Waals surface area contributed by atoms with E-state index in [-0.39, 0.29) is 25.1 Å². The number of fused-ring (bicyclic) bond motifs is 1. The molecule has 1 unspecified atom stereocenters. The standard InChI is InChI=1S/C16H25N5O4/c1-11(15(24)25-4)5-20(3)13-12-14(18-9-17-13)21(10-19-12)6-16(2,7-22)8-23/h9-11,22-23H,5-8H2,1-4H3. The van der Waals surface area contributed by atoms with Crippen LogP contribution in [0.2, 0.25) is 0 Å². The maximum atomic E-state index is 11.6. The van der Waals surface area contributed by atoms with Crippen LogP contribution in [0.3, 0.4) is 0 Å². The molecule has 0 saturated carbocycles. The Morgan fingerprint density at radius 3 is 2.64 bits per heavy atom. The van der Waals surface area contributed by atoms with E-state index in [1.54, 1.807) is 24.7 Å². The van der Waals surface area contributed by atoms with Crippen molar-refractivity contribution in [1.29, 1.82) is 0 Å². The Kier molecular flexibility index (Phi) is 5.91. The maximum Gasteiger partial charge on any atom is 0.310 e. The van der Waals surface area contributed by atoms with Crippen molar-refractivity contribution < 1.29 is 19.7 Å². The molecule has 0 aromatic carbocycles. The number of carbonyl (C=O) groups is 1. The third-order valence-electron chi connectivity index (χ3n) is 4.21. The highest BCUT2D eigenvalue weighted by Crippen LogP contribution is 2.24. The molecule has 2 aromatic rings. The second kappa shape index (κ2) is 7.75. The van der Waals surface area contributed by atoms with Gasteiger partial charge in [0.15, 0.2) is 17.0 Å². The lowest BCUT2D eigenvalue weighted by atomic mass is 9.93. The van der Waals surface area contributed by atoms with Crippen molar-refractivity contribution in [3.8, 4) is 0 Å². The molecule has 0 fully saturated rings. The molecule has 25 heavy (non-hydrogen) atoms. The highest BCUT2D eigenvalue weighted by atomic mass is 16.5. The molecule has 2 rings (SSSR count). The quantitative estimate of drug-likeness (QED) is 0.642. The molecule has 1 atom stereocenters. The van der Waals surface area contributed by atoms with Crippen LogP contribution in [0.4, 0.5) is 5.82 Å². The average Bonchev–Trinajstić information content (AvgIpc) is 3.03. The monoisotopic (exact) mass is 351 g/mol. The van der Waals surface area contributed by atoms with Gasteiger partial charge in [-0.15, -0.1) is 0 Å². The van der Waals surface area contributed by atoms with Gasteiger partial charge in [-0.2, -0.15) is 0 Å². The SMILES string of the molecule is COC(=O)C(C)CN(C)c1ncnc2c1ncn2CC(C)(CO)CO. The molecule has 0 aliphatic rings.